The molecule has 15 heavy (non-hydrogen) atoms. The van der Waals surface area contributed by atoms with Gasteiger partial charge in [-0.3, -0.25) is 4.79 Å². The lowest BCUT2D eigenvalue weighted by Gasteiger charge is -2.07. The van der Waals surface area contributed by atoms with Gasteiger partial charge in [0.15, 0.2) is 0 Å². The average molecular weight is 216 g/mol. The molecule has 0 heterocycles. The second kappa shape index (κ2) is 5.38. The topological polar surface area (TPSA) is 50.4 Å². The van der Waals surface area contributed by atoms with E-state index in [1.807, 2.05) is 0 Å². The van der Waals surface area contributed by atoms with Gasteiger partial charge in [-0.15, -0.1) is 0 Å². The summed E-state index contributed by atoms with van der Waals surface area (Å²) >= 11 is 0. The van der Waals surface area contributed by atoms with Crippen LogP contribution in [0.2, 0.25) is 0 Å². The van der Waals surface area contributed by atoms with Crippen molar-refractivity contribution in [1.82, 2.24) is 5.48 Å². The molecular formula is C9H10F2N2O2. The molecule has 1 aromatic carbocycles. The Labute approximate surface area is 85.2 Å². The van der Waals surface area contributed by atoms with E-state index < -0.39 is 23.2 Å². The van der Waals surface area contributed by atoms with Crippen molar-refractivity contribution in [2.24, 2.45) is 0 Å². The predicted octanol–water partition coefficient (Wildman–Crippen LogP) is 1.05. The molecule has 1 aromatic rings. The minimum Gasteiger partial charge on any atom is -0.320 e. The molecule has 82 valence electrons. The van der Waals surface area contributed by atoms with Crippen molar-refractivity contribution in [3.8, 4) is 0 Å². The van der Waals surface area contributed by atoms with Crippen molar-refractivity contribution in [3.05, 3.63) is 29.8 Å². The third-order valence-electron chi connectivity index (χ3n) is 1.60. The first kappa shape index (κ1) is 11.5. The first-order valence-electron chi connectivity index (χ1n) is 4.15. The van der Waals surface area contributed by atoms with Gasteiger partial charge in [-0.1, -0.05) is 6.07 Å². The zero-order valence-electron chi connectivity index (χ0n) is 8.01. The lowest BCUT2D eigenvalue weighted by atomic mass is 10.3. The summed E-state index contributed by atoms with van der Waals surface area (Å²) in [5.41, 5.74) is 1.79. The second-order valence-corrected chi connectivity index (χ2v) is 2.67. The molecule has 0 saturated carbocycles. The number of benzene rings is 1. The molecule has 0 aliphatic heterocycles. The van der Waals surface area contributed by atoms with Crippen molar-refractivity contribution < 1.29 is 18.4 Å². The predicted molar refractivity (Wildman–Crippen MR) is 50.0 cm³/mol. The van der Waals surface area contributed by atoms with E-state index in [4.69, 9.17) is 0 Å². The zero-order valence-corrected chi connectivity index (χ0v) is 8.01. The van der Waals surface area contributed by atoms with Crippen LogP contribution in [0.1, 0.15) is 0 Å². The maximum absolute atomic E-state index is 13.0. The molecule has 0 unspecified atom stereocenters. The van der Waals surface area contributed by atoms with Crippen LogP contribution in [0.3, 0.4) is 0 Å². The molecule has 1 rings (SSSR count). The fourth-order valence-electron chi connectivity index (χ4n) is 0.939. The second-order valence-electron chi connectivity index (χ2n) is 2.67. The van der Waals surface area contributed by atoms with E-state index in [0.717, 1.165) is 12.1 Å². The standard InChI is InChI=1S/C9H10F2N2O2/c1-15-12-5-8(14)13-9-6(10)3-2-4-7(9)11/h2-4,12H,5H2,1H3,(H,13,14). The van der Waals surface area contributed by atoms with Crippen molar-refractivity contribution in [2.75, 3.05) is 19.0 Å². The highest BCUT2D eigenvalue weighted by atomic mass is 19.1. The molecular weight excluding hydrogens is 206 g/mol. The first-order chi connectivity index (χ1) is 7.15. The van der Waals surface area contributed by atoms with Crippen LogP contribution in [0, 0.1) is 11.6 Å². The fraction of sp³-hybridized carbons (Fsp3) is 0.222. The Morgan fingerprint density at radius 1 is 1.40 bits per heavy atom. The van der Waals surface area contributed by atoms with Crippen LogP contribution in [0.5, 0.6) is 0 Å². The summed E-state index contributed by atoms with van der Waals surface area (Å²) in [6, 6.07) is 3.33. The Balaban J connectivity index is 2.68. The van der Waals surface area contributed by atoms with Crippen molar-refractivity contribution in [3.63, 3.8) is 0 Å². The number of rotatable bonds is 4. The number of hydrogen-bond acceptors (Lipinski definition) is 3. The minimum atomic E-state index is -0.819. The molecule has 0 bridgehead atoms. The van der Waals surface area contributed by atoms with Gasteiger partial charge in [-0.05, 0) is 12.1 Å². The minimum absolute atomic E-state index is 0.190. The van der Waals surface area contributed by atoms with Gasteiger partial charge in [0.2, 0.25) is 5.91 Å². The van der Waals surface area contributed by atoms with Crippen LogP contribution in [0.15, 0.2) is 18.2 Å². The first-order valence-corrected chi connectivity index (χ1v) is 4.15. The highest BCUT2D eigenvalue weighted by Gasteiger charge is 2.10. The molecule has 0 radical (unpaired) electrons. The molecule has 0 saturated heterocycles. The highest BCUT2D eigenvalue weighted by molar-refractivity contribution is 5.92. The molecule has 6 heteroatoms. The molecule has 0 fully saturated rings. The van der Waals surface area contributed by atoms with E-state index >= 15 is 0 Å². The number of anilines is 1. The number of carbonyl (C=O) groups excluding carboxylic acids is 1. The number of nitrogens with one attached hydrogen (secondary N) is 2. The van der Waals surface area contributed by atoms with Crippen molar-refractivity contribution in [1.29, 1.82) is 0 Å². The summed E-state index contributed by atoms with van der Waals surface area (Å²) in [5, 5.41) is 2.08. The molecule has 2 N–H and O–H groups in total. The van der Waals surface area contributed by atoms with Gasteiger partial charge in [0.05, 0.1) is 7.11 Å². The zero-order chi connectivity index (χ0) is 11.3. The number of hydrogen-bond donors (Lipinski definition) is 2. The quantitative estimate of drug-likeness (QED) is 0.740. The van der Waals surface area contributed by atoms with Crippen LogP contribution in [-0.4, -0.2) is 19.6 Å². The number of amides is 1. The summed E-state index contributed by atoms with van der Waals surface area (Å²) in [6.07, 6.45) is 0. The molecule has 0 aliphatic carbocycles. The SMILES string of the molecule is CONCC(=O)Nc1c(F)cccc1F. The van der Waals surface area contributed by atoms with Gasteiger partial charge >= 0.3 is 0 Å². The number of para-hydroxylation sites is 1. The van der Waals surface area contributed by atoms with Gasteiger partial charge in [-0.2, -0.15) is 5.48 Å². The number of carbonyl (C=O) groups is 1. The molecule has 0 spiro atoms. The largest absolute Gasteiger partial charge is 0.320 e. The van der Waals surface area contributed by atoms with Gasteiger partial charge in [0.25, 0.3) is 0 Å². The molecule has 0 aliphatic rings. The van der Waals surface area contributed by atoms with Crippen LogP contribution in [-0.2, 0) is 9.63 Å². The van der Waals surface area contributed by atoms with Crippen LogP contribution in [0.25, 0.3) is 0 Å². The smallest absolute Gasteiger partial charge is 0.240 e. The van der Waals surface area contributed by atoms with Crippen molar-refractivity contribution >= 4 is 11.6 Å². The van der Waals surface area contributed by atoms with E-state index in [0.29, 0.717) is 0 Å². The van der Waals surface area contributed by atoms with Gasteiger partial charge in [-0.25, -0.2) is 8.78 Å². The fourth-order valence-corrected chi connectivity index (χ4v) is 0.939. The maximum Gasteiger partial charge on any atom is 0.240 e. The van der Waals surface area contributed by atoms with Crippen LogP contribution < -0.4 is 10.8 Å². The average Bonchev–Trinajstić information content (AvgIpc) is 2.21. The van der Waals surface area contributed by atoms with E-state index in [2.05, 4.69) is 15.6 Å². The third-order valence-corrected chi connectivity index (χ3v) is 1.60. The summed E-state index contributed by atoms with van der Waals surface area (Å²) in [5.74, 6) is -2.23. The van der Waals surface area contributed by atoms with Crippen LogP contribution in [0.4, 0.5) is 14.5 Å². The Morgan fingerprint density at radius 3 is 2.53 bits per heavy atom. The third kappa shape index (κ3) is 3.26. The monoisotopic (exact) mass is 216 g/mol. The highest BCUT2D eigenvalue weighted by Crippen LogP contribution is 2.17. The van der Waals surface area contributed by atoms with E-state index in [1.54, 1.807) is 0 Å². The normalized spacial score (nSPS) is 10.1. The molecule has 0 aromatic heterocycles. The van der Waals surface area contributed by atoms with Crippen molar-refractivity contribution in [2.45, 2.75) is 0 Å². The van der Waals surface area contributed by atoms with Gasteiger partial charge < -0.3 is 10.2 Å². The van der Waals surface area contributed by atoms with Gasteiger partial charge in [0.1, 0.15) is 23.9 Å². The van der Waals surface area contributed by atoms with E-state index in [-0.39, 0.29) is 6.54 Å². The Hall–Kier alpha value is -1.53. The Bertz CT molecular complexity index is 338. The Kier molecular flexibility index (Phi) is 4.14. The number of hydroxylamine groups is 1. The summed E-state index contributed by atoms with van der Waals surface area (Å²) in [4.78, 5) is 15.5. The van der Waals surface area contributed by atoms with Crippen LogP contribution >= 0.6 is 0 Å². The molecule has 4 nitrogen and oxygen atoms in total. The van der Waals surface area contributed by atoms with E-state index in [1.165, 1.54) is 13.2 Å². The molecule has 1 amide bonds. The maximum atomic E-state index is 13.0. The number of halogens is 2. The van der Waals surface area contributed by atoms with E-state index in [9.17, 15) is 13.6 Å². The van der Waals surface area contributed by atoms with Gasteiger partial charge in [0, 0.05) is 0 Å². The summed E-state index contributed by atoms with van der Waals surface area (Å²) in [6.45, 7) is -0.190. The summed E-state index contributed by atoms with van der Waals surface area (Å²) in [7, 11) is 1.33. The summed E-state index contributed by atoms with van der Waals surface area (Å²) < 4.78 is 26.1. The Morgan fingerprint density at radius 2 is 2.00 bits per heavy atom. The lowest BCUT2D eigenvalue weighted by Crippen LogP contribution is -2.27. The molecule has 0 atom stereocenters. The lowest BCUT2D eigenvalue weighted by molar-refractivity contribution is -0.117.